The maximum Gasteiger partial charge on any atom is 0.123 e. The Morgan fingerprint density at radius 2 is 2.00 bits per heavy atom. The van der Waals surface area contributed by atoms with E-state index in [0.717, 1.165) is 18.4 Å². The quantitative estimate of drug-likeness (QED) is 0.864. The number of aliphatic hydroxyl groups excluding tert-OH is 1. The van der Waals surface area contributed by atoms with Crippen LogP contribution >= 0.6 is 0 Å². The molecule has 2 atom stereocenters. The van der Waals surface area contributed by atoms with Crippen LogP contribution in [0.1, 0.15) is 43.6 Å². The summed E-state index contributed by atoms with van der Waals surface area (Å²) in [4.78, 5) is 0. The lowest BCUT2D eigenvalue weighted by molar-refractivity contribution is 0.0623. The molecule has 2 rings (SSSR count). The Kier molecular flexibility index (Phi) is 4.72. The predicted molar refractivity (Wildman–Crippen MR) is 70.8 cm³/mol. The first-order valence-corrected chi connectivity index (χ1v) is 6.86. The second kappa shape index (κ2) is 6.30. The van der Waals surface area contributed by atoms with Crippen LogP contribution in [0, 0.1) is 11.7 Å². The molecule has 3 heteroatoms. The average molecular weight is 251 g/mol. The fourth-order valence-electron chi connectivity index (χ4n) is 3.01. The van der Waals surface area contributed by atoms with Gasteiger partial charge in [0.25, 0.3) is 0 Å². The van der Waals surface area contributed by atoms with Crippen LogP contribution < -0.4 is 5.73 Å². The third-order valence-corrected chi connectivity index (χ3v) is 4.08. The number of halogens is 1. The van der Waals surface area contributed by atoms with Crippen molar-refractivity contribution in [1.82, 2.24) is 0 Å². The summed E-state index contributed by atoms with van der Waals surface area (Å²) in [5, 5.41) is 10.5. The van der Waals surface area contributed by atoms with Crippen LogP contribution in [0.3, 0.4) is 0 Å². The number of aliphatic hydroxyl groups is 1. The van der Waals surface area contributed by atoms with Gasteiger partial charge in [-0.3, -0.25) is 0 Å². The van der Waals surface area contributed by atoms with Gasteiger partial charge in [-0.1, -0.05) is 31.4 Å². The molecule has 1 aliphatic carbocycles. The van der Waals surface area contributed by atoms with Crippen molar-refractivity contribution in [3.8, 4) is 0 Å². The van der Waals surface area contributed by atoms with Gasteiger partial charge in [-0.25, -0.2) is 4.39 Å². The molecule has 0 aromatic heterocycles. The third-order valence-electron chi connectivity index (χ3n) is 4.08. The summed E-state index contributed by atoms with van der Waals surface area (Å²) in [6.07, 6.45) is 5.30. The van der Waals surface area contributed by atoms with Crippen molar-refractivity contribution < 1.29 is 9.50 Å². The molecule has 0 saturated heterocycles. The third kappa shape index (κ3) is 3.09. The lowest BCUT2D eigenvalue weighted by atomic mass is 9.78. The zero-order valence-corrected chi connectivity index (χ0v) is 10.7. The van der Waals surface area contributed by atoms with E-state index < -0.39 is 6.10 Å². The molecule has 1 fully saturated rings. The number of nitrogens with two attached hydrogens (primary N) is 1. The highest BCUT2D eigenvalue weighted by atomic mass is 19.1. The summed E-state index contributed by atoms with van der Waals surface area (Å²) >= 11 is 0. The van der Waals surface area contributed by atoms with Crippen LogP contribution in [-0.4, -0.2) is 17.8 Å². The molecule has 0 amide bonds. The highest BCUT2D eigenvalue weighted by Gasteiger charge is 2.29. The van der Waals surface area contributed by atoms with Crippen LogP contribution in [0.15, 0.2) is 24.3 Å². The molecule has 0 spiro atoms. The maximum atomic E-state index is 13.2. The van der Waals surface area contributed by atoms with Gasteiger partial charge in [0.1, 0.15) is 5.82 Å². The van der Waals surface area contributed by atoms with Crippen molar-refractivity contribution in [3.05, 3.63) is 35.6 Å². The van der Waals surface area contributed by atoms with E-state index >= 15 is 0 Å². The van der Waals surface area contributed by atoms with Gasteiger partial charge < -0.3 is 10.8 Å². The summed E-state index contributed by atoms with van der Waals surface area (Å²) in [6.45, 7) is 0.362. The fourth-order valence-corrected chi connectivity index (χ4v) is 3.01. The van der Waals surface area contributed by atoms with Crippen molar-refractivity contribution in [3.63, 3.8) is 0 Å². The SMILES string of the molecule is NCC(c1cccc(F)c1)C(O)C1CCCCC1. The number of benzene rings is 1. The minimum atomic E-state index is -0.447. The van der Waals surface area contributed by atoms with Gasteiger partial charge in [0.05, 0.1) is 6.10 Å². The van der Waals surface area contributed by atoms with Crippen LogP contribution in [0.5, 0.6) is 0 Å². The summed E-state index contributed by atoms with van der Waals surface area (Å²) in [6, 6.07) is 6.45. The van der Waals surface area contributed by atoms with E-state index in [1.54, 1.807) is 6.07 Å². The Bertz CT molecular complexity index is 377. The number of hydrogen-bond donors (Lipinski definition) is 2. The van der Waals surface area contributed by atoms with Gasteiger partial charge in [0.2, 0.25) is 0 Å². The number of rotatable bonds is 4. The van der Waals surface area contributed by atoms with Crippen molar-refractivity contribution in [2.75, 3.05) is 6.54 Å². The van der Waals surface area contributed by atoms with E-state index in [2.05, 4.69) is 0 Å². The Labute approximate surface area is 108 Å². The van der Waals surface area contributed by atoms with Crippen LogP contribution in [0.4, 0.5) is 4.39 Å². The zero-order chi connectivity index (χ0) is 13.0. The highest BCUT2D eigenvalue weighted by Crippen LogP contribution is 2.33. The molecule has 2 unspecified atom stereocenters. The van der Waals surface area contributed by atoms with E-state index in [0.29, 0.717) is 12.5 Å². The van der Waals surface area contributed by atoms with Gasteiger partial charge in [-0.2, -0.15) is 0 Å². The van der Waals surface area contributed by atoms with E-state index in [1.807, 2.05) is 6.07 Å². The molecule has 0 heterocycles. The molecule has 0 aliphatic heterocycles. The molecule has 2 nitrogen and oxygen atoms in total. The van der Waals surface area contributed by atoms with Crippen LogP contribution in [0.25, 0.3) is 0 Å². The molecular weight excluding hydrogens is 229 g/mol. The first-order valence-electron chi connectivity index (χ1n) is 6.86. The summed E-state index contributed by atoms with van der Waals surface area (Å²) < 4.78 is 13.2. The molecule has 0 bridgehead atoms. The van der Waals surface area contributed by atoms with Gasteiger partial charge in [0.15, 0.2) is 0 Å². The van der Waals surface area contributed by atoms with E-state index in [-0.39, 0.29) is 11.7 Å². The van der Waals surface area contributed by atoms with Crippen LogP contribution in [-0.2, 0) is 0 Å². The fraction of sp³-hybridized carbons (Fsp3) is 0.600. The second-order valence-corrected chi connectivity index (χ2v) is 5.29. The predicted octanol–water partition coefficient (Wildman–Crippen LogP) is 2.81. The van der Waals surface area contributed by atoms with Gasteiger partial charge in [-0.15, -0.1) is 0 Å². The molecule has 3 N–H and O–H groups in total. The monoisotopic (exact) mass is 251 g/mol. The molecular formula is C15H22FNO. The Morgan fingerprint density at radius 1 is 1.28 bits per heavy atom. The van der Waals surface area contributed by atoms with E-state index in [9.17, 15) is 9.50 Å². The summed E-state index contributed by atoms with van der Waals surface area (Å²) in [5.41, 5.74) is 6.60. The average Bonchev–Trinajstić information content (AvgIpc) is 2.40. The maximum absolute atomic E-state index is 13.2. The van der Waals surface area contributed by atoms with E-state index in [1.165, 1.54) is 31.4 Å². The lowest BCUT2D eigenvalue weighted by Crippen LogP contribution is -2.33. The van der Waals surface area contributed by atoms with Crippen LogP contribution in [0.2, 0.25) is 0 Å². The second-order valence-electron chi connectivity index (χ2n) is 5.29. The molecule has 100 valence electrons. The minimum absolute atomic E-state index is 0.149. The normalized spacial score (nSPS) is 20.6. The van der Waals surface area contributed by atoms with Gasteiger partial charge in [0, 0.05) is 12.5 Å². The van der Waals surface area contributed by atoms with Gasteiger partial charge >= 0.3 is 0 Å². The largest absolute Gasteiger partial charge is 0.392 e. The molecule has 0 radical (unpaired) electrons. The van der Waals surface area contributed by atoms with Crippen molar-refractivity contribution >= 4 is 0 Å². The van der Waals surface area contributed by atoms with E-state index in [4.69, 9.17) is 5.73 Å². The molecule has 18 heavy (non-hydrogen) atoms. The standard InChI is InChI=1S/C15H22FNO/c16-13-8-4-7-12(9-13)14(10-17)15(18)11-5-2-1-3-6-11/h4,7-9,11,14-15,18H,1-3,5-6,10,17H2. The Hall–Kier alpha value is -0.930. The Morgan fingerprint density at radius 3 is 2.61 bits per heavy atom. The summed E-state index contributed by atoms with van der Waals surface area (Å²) in [5.74, 6) is -0.0961. The lowest BCUT2D eigenvalue weighted by Gasteiger charge is -2.32. The van der Waals surface area contributed by atoms with Crippen molar-refractivity contribution in [1.29, 1.82) is 0 Å². The van der Waals surface area contributed by atoms with Crippen molar-refractivity contribution in [2.24, 2.45) is 11.7 Å². The summed E-state index contributed by atoms with van der Waals surface area (Å²) in [7, 11) is 0. The van der Waals surface area contributed by atoms with Gasteiger partial charge in [-0.05, 0) is 36.5 Å². The zero-order valence-electron chi connectivity index (χ0n) is 10.7. The highest BCUT2D eigenvalue weighted by molar-refractivity contribution is 5.22. The molecule has 1 saturated carbocycles. The smallest absolute Gasteiger partial charge is 0.123 e. The minimum Gasteiger partial charge on any atom is -0.392 e. The molecule has 1 aromatic rings. The molecule has 1 aliphatic rings. The van der Waals surface area contributed by atoms with Crippen molar-refractivity contribution in [2.45, 2.75) is 44.1 Å². The number of hydrogen-bond acceptors (Lipinski definition) is 2. The Balaban J connectivity index is 2.11. The molecule has 1 aromatic carbocycles. The topological polar surface area (TPSA) is 46.2 Å². The first kappa shape index (κ1) is 13.5. The first-order chi connectivity index (χ1) is 8.72.